The Labute approximate surface area is 154 Å². The number of hydrogen-bond donors (Lipinski definition) is 4. The fourth-order valence-corrected chi connectivity index (χ4v) is 3.00. The van der Waals surface area contributed by atoms with Crippen molar-refractivity contribution in [3.63, 3.8) is 0 Å². The molecule has 0 heterocycles. The van der Waals surface area contributed by atoms with Gasteiger partial charge in [0.2, 0.25) is 0 Å². The van der Waals surface area contributed by atoms with E-state index in [-0.39, 0.29) is 19.0 Å². The van der Waals surface area contributed by atoms with Gasteiger partial charge in [0, 0.05) is 5.39 Å². The van der Waals surface area contributed by atoms with E-state index in [1.54, 1.807) is 6.07 Å². The Morgan fingerprint density at radius 3 is 2.46 bits per heavy atom. The highest BCUT2D eigenvalue weighted by atomic mass is 16.3. The molecule has 2 rings (SSSR count). The molecule has 0 aliphatic heterocycles. The molecule has 2 aromatic carbocycles. The summed E-state index contributed by atoms with van der Waals surface area (Å²) in [4.78, 5) is 0. The van der Waals surface area contributed by atoms with E-state index in [0.29, 0.717) is 24.0 Å². The molecule has 0 radical (unpaired) electrons. The molecule has 0 aromatic heterocycles. The number of phenols is 1. The van der Waals surface area contributed by atoms with Crippen molar-refractivity contribution in [2.75, 3.05) is 13.2 Å². The zero-order chi connectivity index (χ0) is 19.1. The first kappa shape index (κ1) is 19.9. The zero-order valence-electron chi connectivity index (χ0n) is 15.0. The normalized spacial score (nSPS) is 13.8. The van der Waals surface area contributed by atoms with Crippen LogP contribution in [0.1, 0.15) is 25.3 Å². The molecule has 0 fully saturated rings. The van der Waals surface area contributed by atoms with Gasteiger partial charge < -0.3 is 20.4 Å². The van der Waals surface area contributed by atoms with E-state index in [4.69, 9.17) is 5.11 Å². The predicted molar refractivity (Wildman–Crippen MR) is 106 cm³/mol. The van der Waals surface area contributed by atoms with Crippen LogP contribution in [0.5, 0.6) is 5.75 Å². The van der Waals surface area contributed by atoms with E-state index in [2.05, 4.69) is 6.58 Å². The van der Waals surface area contributed by atoms with Crippen molar-refractivity contribution in [1.82, 2.24) is 0 Å². The lowest BCUT2D eigenvalue weighted by Gasteiger charge is -2.16. The molecule has 138 valence electrons. The lowest BCUT2D eigenvalue weighted by molar-refractivity contribution is 0.197. The Bertz CT molecular complexity index is 833. The van der Waals surface area contributed by atoms with Crippen LogP contribution in [0.3, 0.4) is 0 Å². The summed E-state index contributed by atoms with van der Waals surface area (Å²) in [6.07, 6.45) is 3.85. The molecule has 4 nitrogen and oxygen atoms in total. The molecule has 4 N–H and O–H groups in total. The molecule has 26 heavy (non-hydrogen) atoms. The Hall–Kier alpha value is -2.40. The van der Waals surface area contributed by atoms with Crippen molar-refractivity contribution in [2.24, 2.45) is 0 Å². The van der Waals surface area contributed by atoms with Crippen LogP contribution < -0.4 is 0 Å². The summed E-state index contributed by atoms with van der Waals surface area (Å²) in [5.41, 5.74) is 2.99. The molecule has 0 saturated heterocycles. The van der Waals surface area contributed by atoms with Crippen molar-refractivity contribution in [1.29, 1.82) is 0 Å². The molecule has 1 atom stereocenters. The zero-order valence-corrected chi connectivity index (χ0v) is 15.0. The Kier molecular flexibility index (Phi) is 7.16. The molecule has 0 amide bonds. The predicted octanol–water partition coefficient (Wildman–Crippen LogP) is 3.56. The van der Waals surface area contributed by atoms with Crippen LogP contribution in [-0.2, 0) is 0 Å². The first-order chi connectivity index (χ1) is 12.5. The minimum atomic E-state index is -0.790. The summed E-state index contributed by atoms with van der Waals surface area (Å²) in [5.74, 6) is 0.257. The largest absolute Gasteiger partial charge is 0.507 e. The van der Waals surface area contributed by atoms with E-state index < -0.39 is 6.10 Å². The molecule has 0 bridgehead atoms. The number of rotatable bonds is 8. The van der Waals surface area contributed by atoms with Crippen LogP contribution >= 0.6 is 0 Å². The molecule has 1 unspecified atom stereocenters. The van der Waals surface area contributed by atoms with Gasteiger partial charge in [-0.05, 0) is 47.9 Å². The molecular formula is C22H26O4. The fourth-order valence-electron chi connectivity index (χ4n) is 3.00. The summed E-state index contributed by atoms with van der Waals surface area (Å²) < 4.78 is 0. The second-order valence-corrected chi connectivity index (χ2v) is 6.37. The van der Waals surface area contributed by atoms with E-state index >= 15 is 0 Å². The van der Waals surface area contributed by atoms with Crippen molar-refractivity contribution in [3.05, 3.63) is 71.3 Å². The Morgan fingerprint density at radius 1 is 1.12 bits per heavy atom. The maximum atomic E-state index is 10.4. The minimum absolute atomic E-state index is 0.209. The van der Waals surface area contributed by atoms with Gasteiger partial charge in [0.25, 0.3) is 0 Å². The van der Waals surface area contributed by atoms with E-state index in [9.17, 15) is 15.3 Å². The number of fused-ring (bicyclic) bond motifs is 1. The third kappa shape index (κ3) is 4.82. The van der Waals surface area contributed by atoms with Gasteiger partial charge in [0.15, 0.2) is 0 Å². The van der Waals surface area contributed by atoms with E-state index in [1.165, 1.54) is 6.08 Å². The van der Waals surface area contributed by atoms with Crippen molar-refractivity contribution in [2.45, 2.75) is 25.9 Å². The third-order valence-electron chi connectivity index (χ3n) is 4.42. The van der Waals surface area contributed by atoms with E-state index in [1.807, 2.05) is 43.3 Å². The topological polar surface area (TPSA) is 80.9 Å². The van der Waals surface area contributed by atoms with Gasteiger partial charge in [-0.1, -0.05) is 54.6 Å². The molecule has 0 aliphatic carbocycles. The monoisotopic (exact) mass is 354 g/mol. The minimum Gasteiger partial charge on any atom is -0.507 e. The van der Waals surface area contributed by atoms with Gasteiger partial charge in [-0.3, -0.25) is 0 Å². The maximum absolute atomic E-state index is 10.4. The number of phenolic OH excluding ortho intramolecular Hbond substituents is 1. The number of benzene rings is 2. The Balaban J connectivity index is 2.15. The number of aromatic hydroxyl groups is 1. The number of aliphatic hydroxyl groups excluding tert-OH is 3. The van der Waals surface area contributed by atoms with Crippen LogP contribution in [-0.4, -0.2) is 39.7 Å². The lowest BCUT2D eigenvalue weighted by Crippen LogP contribution is -2.14. The molecule has 0 aliphatic rings. The van der Waals surface area contributed by atoms with Crippen molar-refractivity contribution < 1.29 is 20.4 Å². The van der Waals surface area contributed by atoms with Crippen LogP contribution in [0.4, 0.5) is 0 Å². The average Bonchev–Trinajstić information content (AvgIpc) is 2.66. The average molecular weight is 354 g/mol. The van der Waals surface area contributed by atoms with Gasteiger partial charge in [0.05, 0.1) is 19.3 Å². The number of hydrogen-bond acceptors (Lipinski definition) is 4. The second kappa shape index (κ2) is 9.34. The SMILES string of the molecule is C=C(CO)/C(=C/CO)C(O)CC/C(C)=C/c1ccc(O)c2ccccc12. The molecule has 0 saturated carbocycles. The first-order valence-electron chi connectivity index (χ1n) is 8.63. The lowest BCUT2D eigenvalue weighted by atomic mass is 9.95. The quantitative estimate of drug-likeness (QED) is 0.547. The smallest absolute Gasteiger partial charge is 0.123 e. The molecule has 4 heteroatoms. The molecule has 2 aromatic rings. The summed E-state index contributed by atoms with van der Waals surface area (Å²) in [5, 5.41) is 40.4. The van der Waals surface area contributed by atoms with Crippen LogP contribution in [0.25, 0.3) is 16.8 Å². The third-order valence-corrected chi connectivity index (χ3v) is 4.42. The van der Waals surface area contributed by atoms with Crippen molar-refractivity contribution >= 4 is 16.8 Å². The van der Waals surface area contributed by atoms with E-state index in [0.717, 1.165) is 21.9 Å². The van der Waals surface area contributed by atoms with Crippen LogP contribution in [0.15, 0.2) is 65.8 Å². The Morgan fingerprint density at radius 2 is 1.81 bits per heavy atom. The summed E-state index contributed by atoms with van der Waals surface area (Å²) >= 11 is 0. The summed E-state index contributed by atoms with van der Waals surface area (Å²) in [7, 11) is 0. The fraction of sp³-hybridized carbons (Fsp3) is 0.273. The summed E-state index contributed by atoms with van der Waals surface area (Å²) in [6, 6.07) is 11.2. The highest BCUT2D eigenvalue weighted by Gasteiger charge is 2.13. The van der Waals surface area contributed by atoms with Gasteiger partial charge in [0.1, 0.15) is 5.75 Å². The standard InChI is InChI=1S/C22H26O4/c1-15(7-9-21(25)18(11-12-23)16(2)14-24)13-17-8-10-22(26)20-6-4-3-5-19(17)20/h3-6,8,10-11,13,21,23-26H,2,7,9,12,14H2,1H3/b15-13+,18-11-. The highest BCUT2D eigenvalue weighted by Crippen LogP contribution is 2.29. The maximum Gasteiger partial charge on any atom is 0.123 e. The molecule has 0 spiro atoms. The highest BCUT2D eigenvalue weighted by molar-refractivity contribution is 5.94. The second-order valence-electron chi connectivity index (χ2n) is 6.37. The van der Waals surface area contributed by atoms with Crippen LogP contribution in [0.2, 0.25) is 0 Å². The van der Waals surface area contributed by atoms with Gasteiger partial charge >= 0.3 is 0 Å². The summed E-state index contributed by atoms with van der Waals surface area (Å²) in [6.45, 7) is 5.25. The van der Waals surface area contributed by atoms with Gasteiger partial charge in [-0.25, -0.2) is 0 Å². The number of allylic oxidation sites excluding steroid dienone is 1. The van der Waals surface area contributed by atoms with Gasteiger partial charge in [-0.2, -0.15) is 0 Å². The van der Waals surface area contributed by atoms with Crippen molar-refractivity contribution in [3.8, 4) is 5.75 Å². The van der Waals surface area contributed by atoms with Gasteiger partial charge in [-0.15, -0.1) is 0 Å². The first-order valence-corrected chi connectivity index (χ1v) is 8.63. The van der Waals surface area contributed by atoms with Crippen LogP contribution in [0, 0.1) is 0 Å². The number of aliphatic hydroxyl groups is 3. The molecular weight excluding hydrogens is 328 g/mol.